The van der Waals surface area contributed by atoms with Gasteiger partial charge in [0.1, 0.15) is 17.2 Å². The van der Waals surface area contributed by atoms with Crippen molar-refractivity contribution >= 4 is 17.6 Å². The molecule has 1 aliphatic carbocycles. The van der Waals surface area contributed by atoms with Crippen molar-refractivity contribution in [3.63, 3.8) is 0 Å². The highest BCUT2D eigenvalue weighted by atomic mass is 32.2. The number of rotatable bonds is 4. The van der Waals surface area contributed by atoms with Gasteiger partial charge in [-0.3, -0.25) is 0 Å². The van der Waals surface area contributed by atoms with Gasteiger partial charge in [0.25, 0.3) is 0 Å². The molecule has 0 saturated heterocycles. The van der Waals surface area contributed by atoms with E-state index in [1.807, 2.05) is 7.05 Å². The van der Waals surface area contributed by atoms with Crippen LogP contribution < -0.4 is 5.32 Å². The molecular weight excluding hydrogens is 266 g/mol. The molecule has 0 saturated carbocycles. The van der Waals surface area contributed by atoms with E-state index in [1.54, 1.807) is 18.1 Å². The van der Waals surface area contributed by atoms with Crippen LogP contribution in [0, 0.1) is 0 Å². The second-order valence-corrected chi connectivity index (χ2v) is 6.06. The Morgan fingerprint density at radius 1 is 1.20 bits per heavy atom. The van der Waals surface area contributed by atoms with Crippen molar-refractivity contribution in [2.75, 3.05) is 12.4 Å². The Balaban J connectivity index is 1.91. The van der Waals surface area contributed by atoms with Crippen LogP contribution in [0.15, 0.2) is 34.4 Å². The fourth-order valence-corrected chi connectivity index (χ4v) is 3.77. The molecule has 4 heteroatoms. The molecule has 2 aromatic rings. The Bertz CT molecular complexity index is 625. The highest BCUT2D eigenvalue weighted by molar-refractivity contribution is 7.99. The molecule has 0 atom stereocenters. The second kappa shape index (κ2) is 5.83. The van der Waals surface area contributed by atoms with Crippen LogP contribution in [0.2, 0.25) is 0 Å². The van der Waals surface area contributed by atoms with Crippen molar-refractivity contribution in [3.05, 3.63) is 41.2 Å². The van der Waals surface area contributed by atoms with Gasteiger partial charge in [-0.1, -0.05) is 24.8 Å². The van der Waals surface area contributed by atoms with Crippen LogP contribution in [-0.2, 0) is 19.3 Å². The second-order valence-electron chi connectivity index (χ2n) is 5.00. The van der Waals surface area contributed by atoms with Gasteiger partial charge in [0.15, 0.2) is 0 Å². The number of nitrogens with one attached hydrogen (secondary N) is 1. The summed E-state index contributed by atoms with van der Waals surface area (Å²) < 4.78 is 0. The Hall–Kier alpha value is -1.55. The predicted octanol–water partition coefficient (Wildman–Crippen LogP) is 3.72. The first-order chi connectivity index (χ1) is 9.81. The zero-order valence-electron chi connectivity index (χ0n) is 11.9. The lowest BCUT2D eigenvalue weighted by molar-refractivity contribution is 0.911. The topological polar surface area (TPSA) is 37.8 Å². The van der Waals surface area contributed by atoms with E-state index >= 15 is 0 Å². The third-order valence-electron chi connectivity index (χ3n) is 3.78. The molecule has 1 aromatic heterocycles. The van der Waals surface area contributed by atoms with E-state index < -0.39 is 0 Å². The van der Waals surface area contributed by atoms with E-state index in [9.17, 15) is 0 Å². The van der Waals surface area contributed by atoms with E-state index in [4.69, 9.17) is 0 Å². The molecule has 3 nitrogen and oxygen atoms in total. The highest BCUT2D eigenvalue weighted by Crippen LogP contribution is 2.34. The monoisotopic (exact) mass is 285 g/mol. The van der Waals surface area contributed by atoms with Gasteiger partial charge in [-0.2, -0.15) is 0 Å². The summed E-state index contributed by atoms with van der Waals surface area (Å²) in [6, 6.07) is 6.82. The van der Waals surface area contributed by atoms with Crippen molar-refractivity contribution in [2.24, 2.45) is 0 Å². The fourth-order valence-electron chi connectivity index (χ4n) is 2.74. The SMILES string of the molecule is CCc1c(NC)ncnc1Sc1ccc2c(c1)CCC2. The van der Waals surface area contributed by atoms with Crippen molar-refractivity contribution < 1.29 is 0 Å². The molecule has 1 aromatic carbocycles. The number of aryl methyl sites for hydroxylation is 2. The average Bonchev–Trinajstić information content (AvgIpc) is 2.94. The van der Waals surface area contributed by atoms with Crippen LogP contribution >= 0.6 is 11.8 Å². The number of aromatic nitrogens is 2. The van der Waals surface area contributed by atoms with E-state index in [-0.39, 0.29) is 0 Å². The molecule has 104 valence electrons. The first-order valence-corrected chi connectivity index (χ1v) is 7.94. The van der Waals surface area contributed by atoms with E-state index in [0.717, 1.165) is 17.3 Å². The number of nitrogens with zero attached hydrogens (tertiary/aromatic N) is 2. The van der Waals surface area contributed by atoms with Crippen molar-refractivity contribution in [3.8, 4) is 0 Å². The molecule has 0 radical (unpaired) electrons. The van der Waals surface area contributed by atoms with Gasteiger partial charge in [-0.15, -0.1) is 0 Å². The van der Waals surface area contributed by atoms with Crippen molar-refractivity contribution in [1.29, 1.82) is 0 Å². The molecule has 3 rings (SSSR count). The Labute approximate surface area is 124 Å². The zero-order chi connectivity index (χ0) is 13.9. The normalized spacial score (nSPS) is 13.3. The predicted molar refractivity (Wildman–Crippen MR) is 83.5 cm³/mol. The fraction of sp³-hybridized carbons (Fsp3) is 0.375. The van der Waals surface area contributed by atoms with E-state index in [1.165, 1.54) is 40.8 Å². The van der Waals surface area contributed by atoms with Crippen LogP contribution in [0.5, 0.6) is 0 Å². The molecule has 0 amide bonds. The summed E-state index contributed by atoms with van der Waals surface area (Å²) in [5.74, 6) is 0.936. The van der Waals surface area contributed by atoms with Gasteiger partial charge in [0.2, 0.25) is 0 Å². The van der Waals surface area contributed by atoms with Crippen LogP contribution in [0.3, 0.4) is 0 Å². The molecule has 1 aliphatic rings. The largest absolute Gasteiger partial charge is 0.373 e. The summed E-state index contributed by atoms with van der Waals surface area (Å²) in [4.78, 5) is 10.0. The lowest BCUT2D eigenvalue weighted by atomic mass is 10.1. The zero-order valence-corrected chi connectivity index (χ0v) is 12.8. The maximum atomic E-state index is 4.46. The van der Waals surface area contributed by atoms with Crippen LogP contribution in [0.4, 0.5) is 5.82 Å². The van der Waals surface area contributed by atoms with Crippen LogP contribution in [-0.4, -0.2) is 17.0 Å². The van der Waals surface area contributed by atoms with Crippen molar-refractivity contribution in [1.82, 2.24) is 9.97 Å². The van der Waals surface area contributed by atoms with E-state index in [2.05, 4.69) is 40.4 Å². The lowest BCUT2D eigenvalue weighted by Gasteiger charge is -2.11. The number of anilines is 1. The summed E-state index contributed by atoms with van der Waals surface area (Å²) in [7, 11) is 1.91. The van der Waals surface area contributed by atoms with Gasteiger partial charge in [-0.25, -0.2) is 9.97 Å². The van der Waals surface area contributed by atoms with Gasteiger partial charge >= 0.3 is 0 Å². The number of hydrogen-bond acceptors (Lipinski definition) is 4. The molecule has 20 heavy (non-hydrogen) atoms. The van der Waals surface area contributed by atoms with Crippen molar-refractivity contribution in [2.45, 2.75) is 42.5 Å². The van der Waals surface area contributed by atoms with Crippen LogP contribution in [0.25, 0.3) is 0 Å². The molecule has 0 unspecified atom stereocenters. The van der Waals surface area contributed by atoms with Gasteiger partial charge in [0.05, 0.1) is 0 Å². The van der Waals surface area contributed by atoms with Gasteiger partial charge < -0.3 is 5.32 Å². The Morgan fingerprint density at radius 2 is 2.05 bits per heavy atom. The minimum Gasteiger partial charge on any atom is -0.373 e. The van der Waals surface area contributed by atoms with Crippen LogP contribution in [0.1, 0.15) is 30.0 Å². The summed E-state index contributed by atoms with van der Waals surface area (Å²) >= 11 is 1.74. The standard InChI is InChI=1S/C16H19N3S/c1-3-14-15(17-2)18-10-19-16(14)20-13-8-7-11-5-4-6-12(11)9-13/h7-10H,3-6H2,1-2H3,(H,17,18,19). The first kappa shape index (κ1) is 13.4. The highest BCUT2D eigenvalue weighted by Gasteiger charge is 2.14. The van der Waals surface area contributed by atoms with Gasteiger partial charge in [-0.05, 0) is 48.9 Å². The van der Waals surface area contributed by atoms with E-state index in [0.29, 0.717) is 0 Å². The molecule has 1 N–H and O–H groups in total. The third kappa shape index (κ3) is 2.52. The molecule has 0 fully saturated rings. The molecule has 0 bridgehead atoms. The van der Waals surface area contributed by atoms with Gasteiger partial charge in [0, 0.05) is 17.5 Å². The molecule has 0 spiro atoms. The lowest BCUT2D eigenvalue weighted by Crippen LogP contribution is -2.01. The number of hydrogen-bond donors (Lipinski definition) is 1. The maximum Gasteiger partial charge on any atom is 0.133 e. The smallest absolute Gasteiger partial charge is 0.133 e. The first-order valence-electron chi connectivity index (χ1n) is 7.13. The quantitative estimate of drug-likeness (QED) is 0.869. The molecule has 1 heterocycles. The minimum absolute atomic E-state index is 0.935. The number of benzene rings is 1. The Kier molecular flexibility index (Phi) is 3.92. The summed E-state index contributed by atoms with van der Waals surface area (Å²) in [5.41, 5.74) is 4.22. The molecule has 0 aliphatic heterocycles. The summed E-state index contributed by atoms with van der Waals surface area (Å²) in [6.07, 6.45) is 6.32. The Morgan fingerprint density at radius 3 is 2.85 bits per heavy atom. The minimum atomic E-state index is 0.935. The summed E-state index contributed by atoms with van der Waals surface area (Å²) in [6.45, 7) is 2.15. The number of fused-ring (bicyclic) bond motifs is 1. The average molecular weight is 285 g/mol. The maximum absolute atomic E-state index is 4.46. The summed E-state index contributed by atoms with van der Waals surface area (Å²) in [5, 5.41) is 4.21. The third-order valence-corrected chi connectivity index (χ3v) is 4.82. The molecular formula is C16H19N3S.